The Morgan fingerprint density at radius 3 is 2.59 bits per heavy atom. The minimum atomic E-state index is 0.0270. The first-order valence-corrected chi connectivity index (χ1v) is 8.88. The van der Waals surface area contributed by atoms with Crippen LogP contribution in [0.25, 0.3) is 0 Å². The summed E-state index contributed by atoms with van der Waals surface area (Å²) < 4.78 is 0. The van der Waals surface area contributed by atoms with Gasteiger partial charge in [0.2, 0.25) is 0 Å². The molecule has 1 amide bonds. The summed E-state index contributed by atoms with van der Waals surface area (Å²) in [4.78, 5) is 14.7. The van der Waals surface area contributed by atoms with Gasteiger partial charge in [-0.05, 0) is 42.9 Å². The van der Waals surface area contributed by atoms with E-state index in [0.717, 1.165) is 18.7 Å². The average Bonchev–Trinajstić information content (AvgIpc) is 3.11. The lowest BCUT2D eigenvalue weighted by Crippen LogP contribution is -2.40. The maximum Gasteiger partial charge on any atom is 0.252 e. The Morgan fingerprint density at radius 2 is 1.91 bits per heavy atom. The summed E-state index contributed by atoms with van der Waals surface area (Å²) in [5, 5.41) is 6.94. The van der Waals surface area contributed by atoms with E-state index in [1.807, 2.05) is 22.9 Å². The van der Waals surface area contributed by atoms with Gasteiger partial charge in [-0.2, -0.15) is 11.3 Å². The molecule has 0 saturated carbocycles. The van der Waals surface area contributed by atoms with Crippen LogP contribution >= 0.6 is 11.3 Å². The normalized spacial score (nSPS) is 17.1. The summed E-state index contributed by atoms with van der Waals surface area (Å²) in [5.41, 5.74) is 2.05. The van der Waals surface area contributed by atoms with Gasteiger partial charge >= 0.3 is 0 Å². The second-order valence-electron chi connectivity index (χ2n) is 5.75. The van der Waals surface area contributed by atoms with Gasteiger partial charge in [-0.15, -0.1) is 0 Å². The van der Waals surface area contributed by atoms with E-state index in [4.69, 9.17) is 0 Å². The second-order valence-corrected chi connectivity index (χ2v) is 6.53. The van der Waals surface area contributed by atoms with Gasteiger partial charge in [-0.1, -0.05) is 36.8 Å². The van der Waals surface area contributed by atoms with Gasteiger partial charge in [0.15, 0.2) is 0 Å². The van der Waals surface area contributed by atoms with E-state index in [9.17, 15) is 4.79 Å². The third kappa shape index (κ3) is 3.76. The van der Waals surface area contributed by atoms with Crippen molar-refractivity contribution in [2.45, 2.75) is 25.3 Å². The molecule has 4 heteroatoms. The molecule has 1 N–H and O–H groups in total. The van der Waals surface area contributed by atoms with E-state index in [1.54, 1.807) is 11.3 Å². The van der Waals surface area contributed by atoms with Gasteiger partial charge in [0.1, 0.15) is 0 Å². The molecule has 1 aliphatic heterocycles. The number of hydrogen-bond acceptors (Lipinski definition) is 3. The highest BCUT2D eigenvalue weighted by molar-refractivity contribution is 7.08. The van der Waals surface area contributed by atoms with Crippen LogP contribution in [0.4, 0.5) is 0 Å². The highest BCUT2D eigenvalue weighted by atomic mass is 32.1. The molecule has 1 aromatic heterocycles. The summed E-state index contributed by atoms with van der Waals surface area (Å²) in [7, 11) is 0. The first-order chi connectivity index (χ1) is 10.8. The molecular formula is C18H22N2OS. The second kappa shape index (κ2) is 7.56. The summed E-state index contributed by atoms with van der Waals surface area (Å²) in [6, 6.07) is 12.7. The van der Waals surface area contributed by atoms with Crippen molar-refractivity contribution in [3.8, 4) is 0 Å². The van der Waals surface area contributed by atoms with Crippen LogP contribution in [0.2, 0.25) is 0 Å². The quantitative estimate of drug-likeness (QED) is 0.912. The fourth-order valence-corrected chi connectivity index (χ4v) is 3.68. The molecule has 1 fully saturated rings. The van der Waals surface area contributed by atoms with Crippen LogP contribution in [-0.2, 0) is 0 Å². The minimum absolute atomic E-state index is 0.0270. The van der Waals surface area contributed by atoms with Crippen LogP contribution < -0.4 is 5.32 Å². The Morgan fingerprint density at radius 1 is 1.14 bits per heavy atom. The standard InChI is InChI=1S/C18H22N2OS/c21-18(16-9-12-22-14-16)19-13-17(15-7-3-1-4-8-15)20-10-5-2-6-11-20/h1,3-4,7-9,12,14,17H,2,5-6,10-11,13H2,(H,19,21)/t17-/m1/s1. The zero-order valence-corrected chi connectivity index (χ0v) is 13.5. The van der Waals surface area contributed by atoms with Gasteiger partial charge in [0.05, 0.1) is 6.04 Å². The number of carbonyl (C=O) groups is 1. The molecule has 22 heavy (non-hydrogen) atoms. The zero-order valence-electron chi connectivity index (χ0n) is 12.7. The topological polar surface area (TPSA) is 32.3 Å². The lowest BCUT2D eigenvalue weighted by molar-refractivity contribution is 0.0925. The summed E-state index contributed by atoms with van der Waals surface area (Å²) in [6.07, 6.45) is 3.82. The molecule has 0 bridgehead atoms. The minimum Gasteiger partial charge on any atom is -0.350 e. The van der Waals surface area contributed by atoms with Crippen LogP contribution in [0, 0.1) is 0 Å². The van der Waals surface area contributed by atoms with Crippen molar-refractivity contribution in [1.29, 1.82) is 0 Å². The van der Waals surface area contributed by atoms with Gasteiger partial charge in [0, 0.05) is 17.5 Å². The number of amides is 1. The molecule has 2 heterocycles. The van der Waals surface area contributed by atoms with E-state index in [0.29, 0.717) is 6.54 Å². The van der Waals surface area contributed by atoms with Crippen molar-refractivity contribution in [3.63, 3.8) is 0 Å². The van der Waals surface area contributed by atoms with Crippen molar-refractivity contribution < 1.29 is 4.79 Å². The molecule has 3 nitrogen and oxygen atoms in total. The van der Waals surface area contributed by atoms with Gasteiger partial charge in [-0.3, -0.25) is 9.69 Å². The molecule has 0 aliphatic carbocycles. The molecule has 3 rings (SSSR count). The first-order valence-electron chi connectivity index (χ1n) is 7.94. The third-order valence-electron chi connectivity index (χ3n) is 4.26. The Labute approximate surface area is 136 Å². The van der Waals surface area contributed by atoms with Crippen LogP contribution in [0.3, 0.4) is 0 Å². The predicted molar refractivity (Wildman–Crippen MR) is 91.3 cm³/mol. The molecule has 2 aromatic rings. The molecule has 1 atom stereocenters. The molecule has 0 radical (unpaired) electrons. The smallest absolute Gasteiger partial charge is 0.252 e. The number of thiophene rings is 1. The van der Waals surface area contributed by atoms with E-state index in [2.05, 4.69) is 34.5 Å². The molecule has 0 unspecified atom stereocenters. The predicted octanol–water partition coefficient (Wildman–Crippen LogP) is 3.71. The maximum absolute atomic E-state index is 12.2. The number of nitrogens with one attached hydrogen (secondary N) is 1. The zero-order chi connectivity index (χ0) is 15.2. The van der Waals surface area contributed by atoms with Gasteiger partial charge in [-0.25, -0.2) is 0 Å². The summed E-state index contributed by atoms with van der Waals surface area (Å²) in [6.45, 7) is 2.90. The van der Waals surface area contributed by atoms with Crippen molar-refractivity contribution in [2.24, 2.45) is 0 Å². The van der Waals surface area contributed by atoms with E-state index >= 15 is 0 Å². The monoisotopic (exact) mass is 314 g/mol. The number of rotatable bonds is 5. The maximum atomic E-state index is 12.2. The molecule has 0 spiro atoms. The fourth-order valence-electron chi connectivity index (χ4n) is 3.05. The van der Waals surface area contributed by atoms with E-state index in [1.165, 1.54) is 24.8 Å². The van der Waals surface area contributed by atoms with E-state index < -0.39 is 0 Å². The SMILES string of the molecule is O=C(NC[C@H](c1ccccc1)N1CCCCC1)c1ccsc1. The highest BCUT2D eigenvalue weighted by Crippen LogP contribution is 2.24. The molecule has 1 aliphatic rings. The largest absolute Gasteiger partial charge is 0.350 e. The molecule has 116 valence electrons. The Hall–Kier alpha value is -1.65. The van der Waals surface area contributed by atoms with Crippen LogP contribution in [0.5, 0.6) is 0 Å². The molecule has 1 aromatic carbocycles. The summed E-state index contributed by atoms with van der Waals surface area (Å²) >= 11 is 1.56. The Kier molecular flexibility index (Phi) is 5.24. The number of nitrogens with zero attached hydrogens (tertiary/aromatic N) is 1. The van der Waals surface area contributed by atoms with Crippen LogP contribution in [0.15, 0.2) is 47.2 Å². The van der Waals surface area contributed by atoms with Crippen LogP contribution in [-0.4, -0.2) is 30.4 Å². The Balaban J connectivity index is 1.69. The molecular weight excluding hydrogens is 292 g/mol. The Bertz CT molecular complexity index is 576. The van der Waals surface area contributed by atoms with Gasteiger partial charge < -0.3 is 5.32 Å². The number of carbonyl (C=O) groups excluding carboxylic acids is 1. The fraction of sp³-hybridized carbons (Fsp3) is 0.389. The highest BCUT2D eigenvalue weighted by Gasteiger charge is 2.22. The first kappa shape index (κ1) is 15.3. The molecule has 1 saturated heterocycles. The lowest BCUT2D eigenvalue weighted by atomic mass is 10.0. The number of benzene rings is 1. The van der Waals surface area contributed by atoms with Gasteiger partial charge in [0.25, 0.3) is 5.91 Å². The average molecular weight is 314 g/mol. The number of piperidine rings is 1. The van der Waals surface area contributed by atoms with E-state index in [-0.39, 0.29) is 11.9 Å². The van der Waals surface area contributed by atoms with Crippen LogP contribution in [0.1, 0.15) is 41.2 Å². The van der Waals surface area contributed by atoms with Crippen molar-refractivity contribution in [2.75, 3.05) is 19.6 Å². The lowest BCUT2D eigenvalue weighted by Gasteiger charge is -2.35. The van der Waals surface area contributed by atoms with Crippen molar-refractivity contribution >= 4 is 17.2 Å². The van der Waals surface area contributed by atoms with Crippen molar-refractivity contribution in [3.05, 3.63) is 58.3 Å². The van der Waals surface area contributed by atoms with Crippen molar-refractivity contribution in [1.82, 2.24) is 10.2 Å². The number of likely N-dealkylation sites (tertiary alicyclic amines) is 1. The third-order valence-corrected chi connectivity index (χ3v) is 4.94. The summed E-state index contributed by atoms with van der Waals surface area (Å²) in [5.74, 6) is 0.0270. The number of hydrogen-bond donors (Lipinski definition) is 1.